The van der Waals surface area contributed by atoms with Gasteiger partial charge >= 0.3 is 5.97 Å². The minimum Gasteiger partial charge on any atom is -0.481 e. The zero-order chi connectivity index (χ0) is 13.8. The zero-order valence-electron chi connectivity index (χ0n) is 11.2. The number of likely N-dealkylation sites (tertiary alicyclic amines) is 1. The number of carboxylic acids is 1. The molecule has 0 radical (unpaired) electrons. The second-order valence-electron chi connectivity index (χ2n) is 5.33. The van der Waals surface area contributed by atoms with Crippen molar-refractivity contribution in [2.45, 2.75) is 38.3 Å². The molecule has 1 fully saturated rings. The maximum absolute atomic E-state index is 10.9. The molecular weight excluding hydrogens is 242 g/mol. The van der Waals surface area contributed by atoms with Crippen molar-refractivity contribution in [3.8, 4) is 0 Å². The Kier molecular flexibility index (Phi) is 4.56. The number of aliphatic carboxylic acids is 1. The molecule has 2 atom stereocenters. The minimum absolute atomic E-state index is 0.208. The number of piperidine rings is 1. The molecule has 1 aliphatic rings. The number of rotatable bonds is 4. The van der Waals surface area contributed by atoms with Crippen LogP contribution in [0.1, 0.15) is 36.8 Å². The number of aliphatic hydroxyl groups is 1. The quantitative estimate of drug-likeness (QED) is 0.870. The molecule has 1 aromatic carbocycles. The average Bonchev–Trinajstić information content (AvgIpc) is 2.39. The van der Waals surface area contributed by atoms with Gasteiger partial charge in [-0.15, -0.1) is 0 Å². The highest BCUT2D eigenvalue weighted by Gasteiger charge is 2.18. The van der Waals surface area contributed by atoms with E-state index in [0.29, 0.717) is 0 Å². The first-order valence-electron chi connectivity index (χ1n) is 6.78. The molecule has 0 aromatic heterocycles. The number of hydrogen-bond donors (Lipinski definition) is 2. The Balaban J connectivity index is 1.96. The molecule has 0 saturated carbocycles. The third-order valence-corrected chi connectivity index (χ3v) is 3.74. The van der Waals surface area contributed by atoms with Crippen LogP contribution in [-0.2, 0) is 11.3 Å². The summed E-state index contributed by atoms with van der Waals surface area (Å²) in [6.45, 7) is 4.26. The summed E-state index contributed by atoms with van der Waals surface area (Å²) in [5, 5.41) is 18.6. The van der Waals surface area contributed by atoms with Crippen LogP contribution in [0.25, 0.3) is 0 Å². The van der Waals surface area contributed by atoms with E-state index in [1.807, 2.05) is 24.3 Å². The Bertz CT molecular complexity index is 430. The van der Waals surface area contributed by atoms with Crippen LogP contribution in [-0.4, -0.2) is 40.3 Å². The van der Waals surface area contributed by atoms with Crippen molar-refractivity contribution in [1.82, 2.24) is 4.90 Å². The van der Waals surface area contributed by atoms with Crippen molar-refractivity contribution in [2.75, 3.05) is 13.1 Å². The molecule has 1 saturated heterocycles. The van der Waals surface area contributed by atoms with E-state index in [2.05, 4.69) is 4.90 Å². The molecule has 0 amide bonds. The number of nitrogens with zero attached hydrogens (tertiary/aromatic N) is 1. The Morgan fingerprint density at radius 2 is 2.11 bits per heavy atom. The van der Waals surface area contributed by atoms with Gasteiger partial charge in [0.05, 0.1) is 12.0 Å². The Morgan fingerprint density at radius 1 is 1.42 bits per heavy atom. The lowest BCUT2D eigenvalue weighted by molar-refractivity contribution is -0.138. The predicted octanol–water partition coefficient (Wildman–Crippen LogP) is 1.83. The summed E-state index contributed by atoms with van der Waals surface area (Å²) in [5.41, 5.74) is 1.99. The van der Waals surface area contributed by atoms with Gasteiger partial charge in [0.1, 0.15) is 0 Å². The van der Waals surface area contributed by atoms with Crippen LogP contribution in [0.15, 0.2) is 24.3 Å². The highest BCUT2D eigenvalue weighted by atomic mass is 16.4. The lowest BCUT2D eigenvalue weighted by atomic mass is 9.99. The van der Waals surface area contributed by atoms with E-state index < -0.39 is 11.9 Å². The van der Waals surface area contributed by atoms with Crippen LogP contribution in [0.4, 0.5) is 0 Å². The van der Waals surface area contributed by atoms with Crippen molar-refractivity contribution in [3.63, 3.8) is 0 Å². The third kappa shape index (κ3) is 3.78. The molecule has 104 valence electrons. The molecule has 1 heterocycles. The number of benzene rings is 1. The highest BCUT2D eigenvalue weighted by Crippen LogP contribution is 2.18. The number of aliphatic hydroxyl groups excluding tert-OH is 1. The van der Waals surface area contributed by atoms with Crippen molar-refractivity contribution in [3.05, 3.63) is 35.4 Å². The maximum Gasteiger partial charge on any atom is 0.310 e. The largest absolute Gasteiger partial charge is 0.481 e. The van der Waals surface area contributed by atoms with Gasteiger partial charge in [-0.3, -0.25) is 9.69 Å². The fourth-order valence-electron chi connectivity index (χ4n) is 2.49. The van der Waals surface area contributed by atoms with Crippen molar-refractivity contribution in [2.24, 2.45) is 0 Å². The van der Waals surface area contributed by atoms with Crippen LogP contribution in [0.5, 0.6) is 0 Å². The van der Waals surface area contributed by atoms with Crippen LogP contribution < -0.4 is 0 Å². The molecule has 2 N–H and O–H groups in total. The van der Waals surface area contributed by atoms with Gasteiger partial charge < -0.3 is 10.2 Å². The average molecular weight is 263 g/mol. The Morgan fingerprint density at radius 3 is 2.68 bits per heavy atom. The van der Waals surface area contributed by atoms with Gasteiger partial charge in [-0.2, -0.15) is 0 Å². The smallest absolute Gasteiger partial charge is 0.310 e. The van der Waals surface area contributed by atoms with Crippen LogP contribution in [0, 0.1) is 0 Å². The summed E-state index contributed by atoms with van der Waals surface area (Å²) in [5.74, 6) is -1.27. The molecule has 2 rings (SSSR count). The van der Waals surface area contributed by atoms with Crippen LogP contribution in [0.3, 0.4) is 0 Å². The SMILES string of the molecule is CC(C(=O)O)c1ccc(CN2CCCC(O)C2)cc1. The number of carboxylic acid groups (broad SMARTS) is 1. The lowest BCUT2D eigenvalue weighted by Crippen LogP contribution is -2.37. The zero-order valence-corrected chi connectivity index (χ0v) is 11.2. The van der Waals surface area contributed by atoms with E-state index in [-0.39, 0.29) is 6.10 Å². The second-order valence-corrected chi connectivity index (χ2v) is 5.33. The molecule has 0 spiro atoms. The van der Waals surface area contributed by atoms with E-state index in [4.69, 9.17) is 5.11 Å². The summed E-state index contributed by atoms with van der Waals surface area (Å²) in [6, 6.07) is 7.73. The van der Waals surface area contributed by atoms with E-state index in [9.17, 15) is 9.90 Å². The Labute approximate surface area is 113 Å². The normalized spacial score (nSPS) is 22.1. The first kappa shape index (κ1) is 14.0. The van der Waals surface area contributed by atoms with E-state index >= 15 is 0 Å². The molecule has 0 aliphatic carbocycles. The molecular formula is C15H21NO3. The van der Waals surface area contributed by atoms with E-state index in [0.717, 1.165) is 43.6 Å². The topological polar surface area (TPSA) is 60.8 Å². The molecule has 2 unspecified atom stereocenters. The van der Waals surface area contributed by atoms with Gasteiger partial charge in [-0.25, -0.2) is 0 Å². The van der Waals surface area contributed by atoms with Gasteiger partial charge in [0.2, 0.25) is 0 Å². The first-order chi connectivity index (χ1) is 9.06. The second kappa shape index (κ2) is 6.17. The van der Waals surface area contributed by atoms with Crippen molar-refractivity contribution < 1.29 is 15.0 Å². The minimum atomic E-state index is -0.799. The standard InChI is InChI=1S/C15H21NO3/c1-11(15(18)19)13-6-4-12(5-7-13)9-16-8-2-3-14(17)10-16/h4-7,11,14,17H,2-3,8-10H2,1H3,(H,18,19). The van der Waals surface area contributed by atoms with Gasteiger partial charge in [0.25, 0.3) is 0 Å². The lowest BCUT2D eigenvalue weighted by Gasteiger charge is -2.30. The fraction of sp³-hybridized carbons (Fsp3) is 0.533. The summed E-state index contributed by atoms with van der Waals surface area (Å²) in [7, 11) is 0. The molecule has 19 heavy (non-hydrogen) atoms. The van der Waals surface area contributed by atoms with Crippen molar-refractivity contribution >= 4 is 5.97 Å². The summed E-state index contributed by atoms with van der Waals surface area (Å²) in [6.07, 6.45) is 1.72. The summed E-state index contributed by atoms with van der Waals surface area (Å²) in [4.78, 5) is 13.1. The van der Waals surface area contributed by atoms with Gasteiger partial charge in [-0.05, 0) is 37.4 Å². The molecule has 4 heteroatoms. The van der Waals surface area contributed by atoms with Crippen LogP contribution in [0.2, 0.25) is 0 Å². The van der Waals surface area contributed by atoms with Gasteiger partial charge in [-0.1, -0.05) is 24.3 Å². The predicted molar refractivity (Wildman–Crippen MR) is 73.0 cm³/mol. The van der Waals surface area contributed by atoms with Gasteiger partial charge in [0, 0.05) is 13.1 Å². The Hall–Kier alpha value is -1.39. The van der Waals surface area contributed by atoms with Gasteiger partial charge in [0.15, 0.2) is 0 Å². The molecule has 0 bridgehead atoms. The molecule has 4 nitrogen and oxygen atoms in total. The van der Waals surface area contributed by atoms with Crippen molar-refractivity contribution in [1.29, 1.82) is 0 Å². The highest BCUT2D eigenvalue weighted by molar-refractivity contribution is 5.75. The van der Waals surface area contributed by atoms with E-state index in [1.54, 1.807) is 6.92 Å². The maximum atomic E-state index is 10.9. The first-order valence-corrected chi connectivity index (χ1v) is 6.78. The van der Waals surface area contributed by atoms with Crippen LogP contribution >= 0.6 is 0 Å². The van der Waals surface area contributed by atoms with E-state index in [1.165, 1.54) is 0 Å². The fourth-order valence-corrected chi connectivity index (χ4v) is 2.49. The number of β-amino-alcohol motifs (C(OH)–C–C–N with tert-alkyl or cyclic N) is 1. The number of hydrogen-bond acceptors (Lipinski definition) is 3. The molecule has 1 aromatic rings. The third-order valence-electron chi connectivity index (χ3n) is 3.74. The number of carbonyl (C=O) groups is 1. The molecule has 1 aliphatic heterocycles. The summed E-state index contributed by atoms with van der Waals surface area (Å²) < 4.78 is 0. The monoisotopic (exact) mass is 263 g/mol. The summed E-state index contributed by atoms with van der Waals surface area (Å²) >= 11 is 0.